The highest BCUT2D eigenvalue weighted by molar-refractivity contribution is 6.30. The first kappa shape index (κ1) is 11.6. The molecule has 1 unspecified atom stereocenters. The number of benzene rings is 1. The van der Waals surface area contributed by atoms with E-state index in [2.05, 4.69) is 6.08 Å². The van der Waals surface area contributed by atoms with Gasteiger partial charge in [-0.3, -0.25) is 0 Å². The molecule has 0 spiro atoms. The summed E-state index contributed by atoms with van der Waals surface area (Å²) in [5.74, 6) is -0.449. The highest BCUT2D eigenvalue weighted by atomic mass is 35.5. The van der Waals surface area contributed by atoms with Crippen LogP contribution in [0.15, 0.2) is 29.8 Å². The summed E-state index contributed by atoms with van der Waals surface area (Å²) in [6.07, 6.45) is 5.65. The normalized spacial score (nSPS) is 18.1. The smallest absolute Gasteiger partial charge is 0.141 e. The van der Waals surface area contributed by atoms with Crippen molar-refractivity contribution in [3.63, 3.8) is 0 Å². The molecule has 1 nitrogen and oxygen atoms in total. The van der Waals surface area contributed by atoms with Crippen molar-refractivity contribution >= 4 is 11.6 Å². The molecule has 0 saturated heterocycles. The molecule has 0 amide bonds. The summed E-state index contributed by atoms with van der Waals surface area (Å²) < 4.78 is 13.0. The number of aliphatic hydroxyl groups is 1. The number of rotatable bonds is 2. The van der Waals surface area contributed by atoms with Crippen molar-refractivity contribution in [3.8, 4) is 0 Å². The van der Waals surface area contributed by atoms with Crippen LogP contribution in [0.25, 0.3) is 0 Å². The minimum atomic E-state index is -0.640. The van der Waals surface area contributed by atoms with E-state index in [1.807, 2.05) is 0 Å². The highest BCUT2D eigenvalue weighted by Gasteiger charge is 2.16. The molecular formula is C13H14ClFO. The van der Waals surface area contributed by atoms with Crippen LogP contribution in [0, 0.1) is 5.82 Å². The Morgan fingerprint density at radius 1 is 1.31 bits per heavy atom. The fourth-order valence-corrected chi connectivity index (χ4v) is 2.20. The number of hydrogen-bond donors (Lipinski definition) is 1. The lowest BCUT2D eigenvalue weighted by Gasteiger charge is -2.19. The number of aliphatic hydroxyl groups excluding tert-OH is 1. The van der Waals surface area contributed by atoms with E-state index in [0.717, 1.165) is 24.8 Å². The van der Waals surface area contributed by atoms with E-state index in [1.165, 1.54) is 18.6 Å². The molecule has 1 atom stereocenters. The van der Waals surface area contributed by atoms with Crippen molar-refractivity contribution in [1.29, 1.82) is 0 Å². The van der Waals surface area contributed by atoms with Crippen LogP contribution in [0.2, 0.25) is 5.02 Å². The van der Waals surface area contributed by atoms with E-state index >= 15 is 0 Å². The van der Waals surface area contributed by atoms with Gasteiger partial charge in [0.2, 0.25) is 0 Å². The van der Waals surface area contributed by atoms with Crippen LogP contribution >= 0.6 is 11.6 Å². The van der Waals surface area contributed by atoms with Crippen LogP contribution in [0.5, 0.6) is 0 Å². The summed E-state index contributed by atoms with van der Waals surface area (Å²) in [4.78, 5) is 0. The average molecular weight is 241 g/mol. The Kier molecular flexibility index (Phi) is 3.62. The van der Waals surface area contributed by atoms with Crippen LogP contribution in [-0.4, -0.2) is 5.11 Å². The quantitative estimate of drug-likeness (QED) is 0.775. The van der Waals surface area contributed by atoms with Gasteiger partial charge >= 0.3 is 0 Å². The molecule has 1 aromatic rings. The summed E-state index contributed by atoms with van der Waals surface area (Å²) in [5, 5.41) is 10.2. The van der Waals surface area contributed by atoms with Gasteiger partial charge in [-0.05, 0) is 49.0 Å². The first-order valence-corrected chi connectivity index (χ1v) is 5.88. The molecule has 0 saturated carbocycles. The second-order valence-electron chi connectivity index (χ2n) is 4.10. The zero-order chi connectivity index (χ0) is 11.5. The Morgan fingerprint density at radius 2 is 2.12 bits per heavy atom. The topological polar surface area (TPSA) is 20.2 Å². The van der Waals surface area contributed by atoms with E-state index in [1.54, 1.807) is 6.07 Å². The Balaban J connectivity index is 2.22. The van der Waals surface area contributed by atoms with Crippen molar-refractivity contribution < 1.29 is 9.50 Å². The molecule has 1 N–H and O–H groups in total. The summed E-state index contributed by atoms with van der Waals surface area (Å²) in [5.41, 5.74) is 1.69. The molecule has 1 aliphatic rings. The van der Waals surface area contributed by atoms with E-state index in [0.29, 0.717) is 5.56 Å². The highest BCUT2D eigenvalue weighted by Crippen LogP contribution is 2.31. The molecule has 0 bridgehead atoms. The van der Waals surface area contributed by atoms with Gasteiger partial charge in [0.05, 0.1) is 5.02 Å². The number of halogens is 2. The van der Waals surface area contributed by atoms with Gasteiger partial charge in [-0.1, -0.05) is 23.7 Å². The lowest BCUT2D eigenvalue weighted by Crippen LogP contribution is -2.05. The predicted octanol–water partition coefficient (Wildman–Crippen LogP) is 4.01. The van der Waals surface area contributed by atoms with Gasteiger partial charge in [0.1, 0.15) is 11.9 Å². The maximum absolute atomic E-state index is 13.0. The molecule has 0 fully saturated rings. The van der Waals surface area contributed by atoms with Crippen LogP contribution in [0.4, 0.5) is 4.39 Å². The summed E-state index contributed by atoms with van der Waals surface area (Å²) >= 11 is 5.69. The van der Waals surface area contributed by atoms with Gasteiger partial charge in [0.15, 0.2) is 0 Å². The molecule has 86 valence electrons. The molecule has 2 rings (SSSR count). The zero-order valence-electron chi connectivity index (χ0n) is 8.92. The minimum Gasteiger partial charge on any atom is -0.384 e. The fourth-order valence-electron chi connectivity index (χ4n) is 2.01. The lowest BCUT2D eigenvalue weighted by atomic mass is 9.92. The molecule has 0 heterocycles. The summed E-state index contributed by atoms with van der Waals surface area (Å²) in [7, 11) is 0. The molecular weight excluding hydrogens is 227 g/mol. The monoisotopic (exact) mass is 240 g/mol. The van der Waals surface area contributed by atoms with Crippen LogP contribution in [-0.2, 0) is 0 Å². The third-order valence-corrected chi connectivity index (χ3v) is 3.23. The molecule has 0 radical (unpaired) electrons. The lowest BCUT2D eigenvalue weighted by molar-refractivity contribution is 0.208. The first-order valence-electron chi connectivity index (χ1n) is 5.50. The standard InChI is InChI=1S/C13H14ClFO/c14-11-8-10(6-7-12(11)15)13(16)9-4-2-1-3-5-9/h4,6-8,13,16H,1-3,5H2. The van der Waals surface area contributed by atoms with Gasteiger partial charge in [-0.2, -0.15) is 0 Å². The number of hydrogen-bond acceptors (Lipinski definition) is 1. The maximum Gasteiger partial charge on any atom is 0.141 e. The van der Waals surface area contributed by atoms with Gasteiger partial charge < -0.3 is 5.11 Å². The van der Waals surface area contributed by atoms with Crippen LogP contribution < -0.4 is 0 Å². The van der Waals surface area contributed by atoms with Crippen molar-refractivity contribution in [1.82, 2.24) is 0 Å². The second kappa shape index (κ2) is 4.98. The predicted molar refractivity (Wildman–Crippen MR) is 62.9 cm³/mol. The molecule has 1 aliphatic carbocycles. The zero-order valence-corrected chi connectivity index (χ0v) is 9.67. The SMILES string of the molecule is OC(C1=CCCCC1)c1ccc(F)c(Cl)c1. The minimum absolute atomic E-state index is 0.0629. The van der Waals surface area contributed by atoms with Crippen molar-refractivity contribution in [2.75, 3.05) is 0 Å². The Morgan fingerprint density at radius 3 is 2.75 bits per heavy atom. The van der Waals surface area contributed by atoms with Crippen molar-refractivity contribution in [2.45, 2.75) is 31.8 Å². The third kappa shape index (κ3) is 2.45. The second-order valence-corrected chi connectivity index (χ2v) is 4.51. The third-order valence-electron chi connectivity index (χ3n) is 2.94. The van der Waals surface area contributed by atoms with Crippen molar-refractivity contribution in [2.24, 2.45) is 0 Å². The molecule has 1 aromatic carbocycles. The molecule has 0 aliphatic heterocycles. The summed E-state index contributed by atoms with van der Waals surface area (Å²) in [6.45, 7) is 0. The Labute approximate surface area is 99.6 Å². The van der Waals surface area contributed by atoms with E-state index < -0.39 is 11.9 Å². The molecule has 16 heavy (non-hydrogen) atoms. The largest absolute Gasteiger partial charge is 0.384 e. The number of allylic oxidation sites excluding steroid dienone is 1. The van der Waals surface area contributed by atoms with Gasteiger partial charge in [0, 0.05) is 0 Å². The molecule has 3 heteroatoms. The van der Waals surface area contributed by atoms with Gasteiger partial charge in [-0.25, -0.2) is 4.39 Å². The van der Waals surface area contributed by atoms with Crippen LogP contribution in [0.3, 0.4) is 0 Å². The average Bonchev–Trinajstić information content (AvgIpc) is 2.33. The van der Waals surface area contributed by atoms with Gasteiger partial charge in [-0.15, -0.1) is 0 Å². The van der Waals surface area contributed by atoms with E-state index in [9.17, 15) is 9.50 Å². The van der Waals surface area contributed by atoms with Crippen LogP contribution in [0.1, 0.15) is 37.4 Å². The summed E-state index contributed by atoms with van der Waals surface area (Å²) in [6, 6.07) is 4.38. The Bertz CT molecular complexity index is 414. The van der Waals surface area contributed by atoms with E-state index in [4.69, 9.17) is 11.6 Å². The maximum atomic E-state index is 13.0. The first-order chi connectivity index (χ1) is 7.68. The van der Waals surface area contributed by atoms with Gasteiger partial charge in [0.25, 0.3) is 0 Å². The van der Waals surface area contributed by atoms with E-state index in [-0.39, 0.29) is 5.02 Å². The Hall–Kier alpha value is -0.860. The fraction of sp³-hybridized carbons (Fsp3) is 0.385. The molecule has 0 aromatic heterocycles. The van der Waals surface area contributed by atoms with Crippen molar-refractivity contribution in [3.05, 3.63) is 46.3 Å².